The lowest BCUT2D eigenvalue weighted by molar-refractivity contribution is 0.424. The molecule has 0 bridgehead atoms. The van der Waals surface area contributed by atoms with Gasteiger partial charge in [0.05, 0.1) is 5.39 Å². The molecule has 0 amide bonds. The zero-order valence-electron chi connectivity index (χ0n) is 12.3. The van der Waals surface area contributed by atoms with E-state index in [1.165, 1.54) is 28.7 Å². The molecule has 0 aromatic carbocycles. The Morgan fingerprint density at radius 1 is 1.38 bits per heavy atom. The van der Waals surface area contributed by atoms with Gasteiger partial charge in [-0.15, -0.1) is 11.3 Å². The van der Waals surface area contributed by atoms with Gasteiger partial charge in [0, 0.05) is 18.0 Å². The third kappa shape index (κ3) is 2.08. The monoisotopic (exact) mass is 302 g/mol. The van der Waals surface area contributed by atoms with Crippen LogP contribution in [0, 0.1) is 0 Å². The van der Waals surface area contributed by atoms with E-state index in [9.17, 15) is 0 Å². The van der Waals surface area contributed by atoms with Crippen molar-refractivity contribution < 1.29 is 0 Å². The van der Waals surface area contributed by atoms with E-state index in [1.54, 1.807) is 6.33 Å². The van der Waals surface area contributed by atoms with Crippen LogP contribution in [-0.4, -0.2) is 51.7 Å². The molecule has 4 rings (SSSR count). The summed E-state index contributed by atoms with van der Waals surface area (Å²) < 4.78 is 1.84. The third-order valence-corrected chi connectivity index (χ3v) is 5.11. The van der Waals surface area contributed by atoms with Crippen molar-refractivity contribution in [2.24, 2.45) is 0 Å². The molecule has 0 spiro atoms. The van der Waals surface area contributed by atoms with Crippen LogP contribution in [0.15, 0.2) is 6.33 Å². The molecule has 3 heterocycles. The van der Waals surface area contributed by atoms with E-state index >= 15 is 0 Å². The lowest BCUT2D eigenvalue weighted by atomic mass is 10.2. The second kappa shape index (κ2) is 4.92. The van der Waals surface area contributed by atoms with Crippen molar-refractivity contribution in [3.05, 3.63) is 16.8 Å². The smallest absolute Gasteiger partial charge is 0.227 e. The fraction of sp³-hybridized carbons (Fsp3) is 0.500. The van der Waals surface area contributed by atoms with Crippen molar-refractivity contribution in [1.29, 1.82) is 0 Å². The molecule has 0 unspecified atom stereocenters. The van der Waals surface area contributed by atoms with Gasteiger partial charge in [0.25, 0.3) is 0 Å². The summed E-state index contributed by atoms with van der Waals surface area (Å²) >= 11 is 1.82. The molecule has 0 fully saturated rings. The Balaban J connectivity index is 1.82. The van der Waals surface area contributed by atoms with E-state index in [2.05, 4.69) is 34.4 Å². The van der Waals surface area contributed by atoms with Crippen LogP contribution < -0.4 is 5.32 Å². The Kier molecular flexibility index (Phi) is 3.04. The first kappa shape index (κ1) is 13.0. The van der Waals surface area contributed by atoms with E-state index in [0.29, 0.717) is 0 Å². The average Bonchev–Trinajstić information content (AvgIpc) is 3.10. The third-order valence-electron chi connectivity index (χ3n) is 3.92. The summed E-state index contributed by atoms with van der Waals surface area (Å²) in [5.74, 6) is 0.789. The molecule has 110 valence electrons. The number of hydrogen-bond acceptors (Lipinski definition) is 6. The molecule has 21 heavy (non-hydrogen) atoms. The standard InChI is InChI=1S/C14H18N6S/c1-19(2)7-6-15-14-18-13-11(12-16-8-17-20(12)14)9-4-3-5-10(9)21-13/h8H,3-7H2,1-2H3,(H,15,18). The number of aromatic nitrogens is 4. The van der Waals surface area contributed by atoms with Crippen LogP contribution in [-0.2, 0) is 12.8 Å². The molecule has 6 nitrogen and oxygen atoms in total. The van der Waals surface area contributed by atoms with Crippen molar-refractivity contribution in [3.8, 4) is 0 Å². The molecule has 0 saturated carbocycles. The number of nitrogens with zero attached hydrogens (tertiary/aromatic N) is 5. The van der Waals surface area contributed by atoms with Crippen molar-refractivity contribution in [2.45, 2.75) is 19.3 Å². The van der Waals surface area contributed by atoms with Crippen LogP contribution in [0.5, 0.6) is 0 Å². The van der Waals surface area contributed by atoms with Crippen LogP contribution in [0.25, 0.3) is 15.9 Å². The minimum atomic E-state index is 0.789. The summed E-state index contributed by atoms with van der Waals surface area (Å²) in [6, 6.07) is 0. The van der Waals surface area contributed by atoms with E-state index in [4.69, 9.17) is 4.98 Å². The molecule has 0 radical (unpaired) electrons. The molecule has 1 N–H and O–H groups in total. The van der Waals surface area contributed by atoms with E-state index in [1.807, 2.05) is 15.9 Å². The zero-order valence-corrected chi connectivity index (χ0v) is 13.1. The van der Waals surface area contributed by atoms with Gasteiger partial charge in [-0.1, -0.05) is 0 Å². The summed E-state index contributed by atoms with van der Waals surface area (Å²) in [6.45, 7) is 1.79. The summed E-state index contributed by atoms with van der Waals surface area (Å²) in [5, 5.41) is 8.93. The lowest BCUT2D eigenvalue weighted by Crippen LogP contribution is -2.22. The first-order chi connectivity index (χ1) is 10.2. The highest BCUT2D eigenvalue weighted by atomic mass is 32.1. The molecular weight excluding hydrogens is 284 g/mol. The van der Waals surface area contributed by atoms with Crippen LogP contribution in [0.3, 0.4) is 0 Å². The maximum absolute atomic E-state index is 4.79. The topological polar surface area (TPSA) is 58.3 Å². The second-order valence-electron chi connectivity index (χ2n) is 5.70. The number of fused-ring (bicyclic) bond motifs is 5. The highest BCUT2D eigenvalue weighted by Crippen LogP contribution is 2.38. The summed E-state index contributed by atoms with van der Waals surface area (Å²) in [6.07, 6.45) is 5.19. The summed E-state index contributed by atoms with van der Waals surface area (Å²) in [4.78, 5) is 14.0. The van der Waals surface area contributed by atoms with Gasteiger partial charge in [-0.2, -0.15) is 9.61 Å². The van der Waals surface area contributed by atoms with Gasteiger partial charge in [0.1, 0.15) is 11.2 Å². The van der Waals surface area contributed by atoms with Crippen molar-refractivity contribution >= 4 is 33.1 Å². The van der Waals surface area contributed by atoms with Crippen LogP contribution in [0.4, 0.5) is 5.95 Å². The molecule has 3 aromatic heterocycles. The van der Waals surface area contributed by atoms with Crippen LogP contribution in [0.1, 0.15) is 16.9 Å². The average molecular weight is 302 g/mol. The van der Waals surface area contributed by atoms with Gasteiger partial charge < -0.3 is 10.2 Å². The molecule has 0 aliphatic heterocycles. The van der Waals surface area contributed by atoms with Crippen molar-refractivity contribution in [1.82, 2.24) is 24.5 Å². The maximum atomic E-state index is 4.79. The number of rotatable bonds is 4. The van der Waals surface area contributed by atoms with E-state index in [0.717, 1.165) is 35.9 Å². The fourth-order valence-electron chi connectivity index (χ4n) is 2.92. The van der Waals surface area contributed by atoms with Gasteiger partial charge in [0.15, 0.2) is 5.65 Å². The molecule has 1 aliphatic rings. The minimum absolute atomic E-state index is 0.789. The molecular formula is C14H18N6S. The molecule has 7 heteroatoms. The number of likely N-dealkylation sites (N-methyl/N-ethyl adjacent to an activating group) is 1. The molecule has 0 saturated heterocycles. The zero-order chi connectivity index (χ0) is 14.4. The quantitative estimate of drug-likeness (QED) is 0.796. The second-order valence-corrected chi connectivity index (χ2v) is 6.78. The first-order valence-electron chi connectivity index (χ1n) is 7.26. The van der Waals surface area contributed by atoms with Gasteiger partial charge >= 0.3 is 0 Å². The largest absolute Gasteiger partial charge is 0.353 e. The fourth-order valence-corrected chi connectivity index (χ4v) is 4.17. The normalized spacial score (nSPS) is 14.4. The van der Waals surface area contributed by atoms with E-state index in [-0.39, 0.29) is 0 Å². The summed E-state index contributed by atoms with van der Waals surface area (Å²) in [7, 11) is 4.13. The van der Waals surface area contributed by atoms with Crippen LogP contribution >= 0.6 is 11.3 Å². The number of hydrogen-bond donors (Lipinski definition) is 1. The van der Waals surface area contributed by atoms with Gasteiger partial charge in [-0.3, -0.25) is 0 Å². The maximum Gasteiger partial charge on any atom is 0.227 e. The number of nitrogens with one attached hydrogen (secondary N) is 1. The first-order valence-corrected chi connectivity index (χ1v) is 8.08. The molecule has 0 atom stereocenters. The number of thiophene rings is 1. The Labute approximate surface area is 126 Å². The number of aryl methyl sites for hydroxylation is 2. The predicted molar refractivity (Wildman–Crippen MR) is 85.2 cm³/mol. The van der Waals surface area contributed by atoms with Crippen LogP contribution in [0.2, 0.25) is 0 Å². The lowest BCUT2D eigenvalue weighted by Gasteiger charge is -2.11. The Hall–Kier alpha value is -1.73. The van der Waals surface area contributed by atoms with E-state index < -0.39 is 0 Å². The van der Waals surface area contributed by atoms with Gasteiger partial charge in [-0.05, 0) is 38.9 Å². The predicted octanol–water partition coefficient (Wildman–Crippen LogP) is 1.80. The van der Waals surface area contributed by atoms with Gasteiger partial charge in [0.2, 0.25) is 5.95 Å². The van der Waals surface area contributed by atoms with Crippen molar-refractivity contribution in [2.75, 3.05) is 32.5 Å². The summed E-state index contributed by atoms with van der Waals surface area (Å²) in [5.41, 5.74) is 2.38. The number of anilines is 1. The molecule has 1 aliphatic carbocycles. The highest BCUT2D eigenvalue weighted by molar-refractivity contribution is 7.19. The SMILES string of the molecule is CN(C)CCNc1nc2sc3c(c2c2ncnn12)CCC3. The minimum Gasteiger partial charge on any atom is -0.353 e. The Morgan fingerprint density at radius 2 is 2.29 bits per heavy atom. The van der Waals surface area contributed by atoms with Crippen molar-refractivity contribution in [3.63, 3.8) is 0 Å². The van der Waals surface area contributed by atoms with Gasteiger partial charge in [-0.25, -0.2) is 9.97 Å². The Bertz CT molecular complexity index is 803. The highest BCUT2D eigenvalue weighted by Gasteiger charge is 2.22. The molecule has 3 aromatic rings. The Morgan fingerprint density at radius 3 is 3.14 bits per heavy atom.